The van der Waals surface area contributed by atoms with Gasteiger partial charge >= 0.3 is 0 Å². The van der Waals surface area contributed by atoms with Gasteiger partial charge in [-0.1, -0.05) is 63.7 Å². The van der Waals surface area contributed by atoms with E-state index in [0.29, 0.717) is 22.8 Å². The highest BCUT2D eigenvalue weighted by Gasteiger charge is 2.20. The summed E-state index contributed by atoms with van der Waals surface area (Å²) in [6, 6.07) is 8.70. The molecule has 0 saturated carbocycles. The van der Waals surface area contributed by atoms with Crippen LogP contribution in [0.25, 0.3) is 0 Å². The number of nitrogens with one attached hydrogen (secondary N) is 2. The standard InChI is InChI=1S/C27H30N4O3/c1-6-7-8-9-19-14-23(28-17-18(19)2)26(33)30-21-12-10-20(11-13-21)29-25(32)16-22-15-24(34-31-22)27(3,4)5/h6-15,17-18H,1,16H2,2-5H3,(H,29,32)(H,30,33)/b8-7-,19-9-. The van der Waals surface area contributed by atoms with Crippen molar-refractivity contribution in [1.82, 2.24) is 5.16 Å². The highest BCUT2D eigenvalue weighted by molar-refractivity contribution is 6.05. The molecule has 2 aromatic rings. The van der Waals surface area contributed by atoms with Crippen molar-refractivity contribution in [3.63, 3.8) is 0 Å². The van der Waals surface area contributed by atoms with Gasteiger partial charge in [-0.25, -0.2) is 0 Å². The number of aliphatic imine (C=N–C) groups is 1. The van der Waals surface area contributed by atoms with Gasteiger partial charge in [0, 0.05) is 35.0 Å². The third kappa shape index (κ3) is 6.75. The molecule has 0 saturated heterocycles. The molecule has 2 amide bonds. The molecule has 2 heterocycles. The smallest absolute Gasteiger partial charge is 0.274 e. The summed E-state index contributed by atoms with van der Waals surface area (Å²) in [7, 11) is 0. The fourth-order valence-electron chi connectivity index (χ4n) is 3.12. The Kier molecular flexibility index (Phi) is 7.79. The summed E-state index contributed by atoms with van der Waals surface area (Å²) in [5.74, 6) is 0.342. The van der Waals surface area contributed by atoms with Gasteiger partial charge in [0.25, 0.3) is 5.91 Å². The molecule has 0 spiro atoms. The van der Waals surface area contributed by atoms with Crippen LogP contribution in [-0.4, -0.2) is 23.2 Å². The highest BCUT2D eigenvalue weighted by atomic mass is 16.5. The van der Waals surface area contributed by atoms with Crippen molar-refractivity contribution in [2.45, 2.75) is 39.5 Å². The molecule has 7 heteroatoms. The second kappa shape index (κ2) is 10.7. The maximum Gasteiger partial charge on any atom is 0.274 e. The van der Waals surface area contributed by atoms with E-state index in [4.69, 9.17) is 4.52 Å². The summed E-state index contributed by atoms with van der Waals surface area (Å²) < 4.78 is 5.32. The predicted octanol–water partition coefficient (Wildman–Crippen LogP) is 5.36. The summed E-state index contributed by atoms with van der Waals surface area (Å²) in [5, 5.41) is 9.64. The van der Waals surface area contributed by atoms with Gasteiger partial charge in [0.15, 0.2) is 0 Å². The molecule has 176 valence electrons. The van der Waals surface area contributed by atoms with Gasteiger partial charge in [0.05, 0.1) is 12.1 Å². The Balaban J connectivity index is 1.58. The lowest BCUT2D eigenvalue weighted by molar-refractivity contribution is -0.115. The molecule has 0 aliphatic carbocycles. The fourth-order valence-corrected chi connectivity index (χ4v) is 3.12. The number of hydrogen-bond acceptors (Lipinski definition) is 5. The Bertz CT molecular complexity index is 1180. The van der Waals surface area contributed by atoms with E-state index < -0.39 is 0 Å². The Labute approximate surface area is 200 Å². The van der Waals surface area contributed by atoms with Crippen molar-refractivity contribution >= 4 is 29.4 Å². The van der Waals surface area contributed by atoms with E-state index in [-0.39, 0.29) is 29.6 Å². The van der Waals surface area contributed by atoms with Gasteiger partial charge in [-0.05, 0) is 35.9 Å². The van der Waals surface area contributed by atoms with Crippen LogP contribution in [-0.2, 0) is 21.4 Å². The van der Waals surface area contributed by atoms with Crippen LogP contribution in [0.2, 0.25) is 0 Å². The zero-order chi connectivity index (χ0) is 24.7. The number of nitrogens with zero attached hydrogens (tertiary/aromatic N) is 2. The first-order valence-corrected chi connectivity index (χ1v) is 11.1. The molecule has 1 aliphatic rings. The average Bonchev–Trinajstić information content (AvgIpc) is 3.25. The van der Waals surface area contributed by atoms with E-state index in [9.17, 15) is 9.59 Å². The molecule has 7 nitrogen and oxygen atoms in total. The van der Waals surface area contributed by atoms with Gasteiger partial charge in [-0.15, -0.1) is 0 Å². The maximum absolute atomic E-state index is 12.6. The quantitative estimate of drug-likeness (QED) is 0.546. The second-order valence-electron chi connectivity index (χ2n) is 9.07. The molecule has 1 aliphatic heterocycles. The first-order chi connectivity index (χ1) is 16.2. The number of allylic oxidation sites excluding steroid dienone is 6. The van der Waals surface area contributed by atoms with E-state index >= 15 is 0 Å². The molecule has 1 unspecified atom stereocenters. The first-order valence-electron chi connectivity index (χ1n) is 11.1. The molecule has 2 N–H and O–H groups in total. The van der Waals surface area contributed by atoms with Crippen molar-refractivity contribution in [3.05, 3.63) is 90.0 Å². The van der Waals surface area contributed by atoms with Crippen molar-refractivity contribution in [2.24, 2.45) is 10.9 Å². The van der Waals surface area contributed by atoms with Crippen LogP contribution in [0.3, 0.4) is 0 Å². The summed E-state index contributed by atoms with van der Waals surface area (Å²) in [5.41, 5.74) is 2.94. The minimum absolute atomic E-state index is 0.112. The lowest BCUT2D eigenvalue weighted by Crippen LogP contribution is -2.17. The third-order valence-electron chi connectivity index (χ3n) is 5.10. The molecular weight excluding hydrogens is 428 g/mol. The zero-order valence-electron chi connectivity index (χ0n) is 20.0. The van der Waals surface area contributed by atoms with Crippen LogP contribution in [0.5, 0.6) is 0 Å². The Morgan fingerprint density at radius 1 is 1.12 bits per heavy atom. The lowest BCUT2D eigenvalue weighted by atomic mass is 9.93. The number of rotatable bonds is 7. The van der Waals surface area contributed by atoms with E-state index in [0.717, 1.165) is 11.3 Å². The Hall–Kier alpha value is -4.00. The minimum atomic E-state index is -0.306. The number of carbonyl (C=O) groups is 2. The summed E-state index contributed by atoms with van der Waals surface area (Å²) >= 11 is 0. The maximum atomic E-state index is 12.6. The van der Waals surface area contributed by atoms with Crippen LogP contribution >= 0.6 is 0 Å². The predicted molar refractivity (Wildman–Crippen MR) is 136 cm³/mol. The summed E-state index contributed by atoms with van der Waals surface area (Å²) in [6.07, 6.45) is 11.0. The van der Waals surface area contributed by atoms with Crippen LogP contribution in [0.15, 0.2) is 88.1 Å². The normalized spacial score (nSPS) is 17.0. The Morgan fingerprint density at radius 3 is 2.41 bits per heavy atom. The number of benzene rings is 1. The van der Waals surface area contributed by atoms with Crippen molar-refractivity contribution in [3.8, 4) is 0 Å². The summed E-state index contributed by atoms with van der Waals surface area (Å²) in [6.45, 7) is 11.7. The van der Waals surface area contributed by atoms with Crippen molar-refractivity contribution in [2.75, 3.05) is 10.6 Å². The lowest BCUT2D eigenvalue weighted by Gasteiger charge is -2.14. The first kappa shape index (κ1) is 24.6. The molecule has 3 rings (SSSR count). The molecule has 1 aromatic carbocycles. The molecule has 0 radical (unpaired) electrons. The van der Waals surface area contributed by atoms with Gasteiger partial charge < -0.3 is 15.2 Å². The molecule has 1 atom stereocenters. The number of anilines is 2. The highest BCUT2D eigenvalue weighted by Crippen LogP contribution is 2.23. The van der Waals surface area contributed by atoms with E-state index in [1.165, 1.54) is 0 Å². The van der Waals surface area contributed by atoms with E-state index in [2.05, 4.69) is 27.4 Å². The van der Waals surface area contributed by atoms with Crippen LogP contribution in [0, 0.1) is 5.92 Å². The summed E-state index contributed by atoms with van der Waals surface area (Å²) in [4.78, 5) is 29.3. The van der Waals surface area contributed by atoms with E-state index in [1.54, 1.807) is 48.7 Å². The molecule has 0 fully saturated rings. The molecule has 34 heavy (non-hydrogen) atoms. The fraction of sp³-hybridized carbons (Fsp3) is 0.259. The van der Waals surface area contributed by atoms with Crippen LogP contribution in [0.1, 0.15) is 39.1 Å². The van der Waals surface area contributed by atoms with Gasteiger partial charge in [-0.2, -0.15) is 0 Å². The van der Waals surface area contributed by atoms with Gasteiger partial charge in [-0.3, -0.25) is 14.6 Å². The largest absolute Gasteiger partial charge is 0.361 e. The molecular formula is C27H30N4O3. The Morgan fingerprint density at radius 2 is 1.79 bits per heavy atom. The molecule has 0 bridgehead atoms. The minimum Gasteiger partial charge on any atom is -0.361 e. The monoisotopic (exact) mass is 458 g/mol. The van der Waals surface area contributed by atoms with Gasteiger partial charge in [0.1, 0.15) is 11.5 Å². The number of amides is 2. The number of hydrogen-bond donors (Lipinski definition) is 2. The van der Waals surface area contributed by atoms with E-state index in [1.807, 2.05) is 45.9 Å². The van der Waals surface area contributed by atoms with Crippen molar-refractivity contribution in [1.29, 1.82) is 0 Å². The average molecular weight is 459 g/mol. The van der Waals surface area contributed by atoms with Crippen LogP contribution in [0.4, 0.5) is 11.4 Å². The second-order valence-corrected chi connectivity index (χ2v) is 9.07. The topological polar surface area (TPSA) is 96.6 Å². The number of carbonyl (C=O) groups excluding carboxylic acids is 2. The van der Waals surface area contributed by atoms with Crippen LogP contribution < -0.4 is 10.6 Å². The zero-order valence-corrected chi connectivity index (χ0v) is 20.0. The SMILES string of the molecule is C=C/C=C\C=C1\C=C(C(=O)Nc2ccc(NC(=O)Cc3cc(C(C)(C)C)on3)cc2)N=CC1C. The third-order valence-corrected chi connectivity index (χ3v) is 5.10. The number of aromatic nitrogens is 1. The molecule has 1 aromatic heterocycles. The van der Waals surface area contributed by atoms with Crippen molar-refractivity contribution < 1.29 is 14.1 Å². The van der Waals surface area contributed by atoms with Gasteiger partial charge in [0.2, 0.25) is 5.91 Å².